The molecule has 5 nitrogen and oxygen atoms in total. The van der Waals surface area contributed by atoms with E-state index in [2.05, 4.69) is 29.2 Å². The molecule has 194 valence electrons. The van der Waals surface area contributed by atoms with Crippen molar-refractivity contribution in [2.45, 2.75) is 13.8 Å². The summed E-state index contributed by atoms with van der Waals surface area (Å²) in [7, 11) is 0. The maximum absolute atomic E-state index is 13.4. The number of fused-ring (bicyclic) bond motifs is 1. The topological polar surface area (TPSA) is 53.8 Å². The molecule has 1 heterocycles. The quantitative estimate of drug-likeness (QED) is 0.113. The van der Waals surface area contributed by atoms with Gasteiger partial charge in [-0.25, -0.2) is 4.79 Å². The lowest BCUT2D eigenvalue weighted by atomic mass is 10.0. The highest BCUT2D eigenvalue weighted by Crippen LogP contribution is 2.34. The first kappa shape index (κ1) is 25.7. The van der Waals surface area contributed by atoms with Gasteiger partial charge in [0.2, 0.25) is 0 Å². The van der Waals surface area contributed by atoms with Crippen molar-refractivity contribution in [3.8, 4) is 0 Å². The lowest BCUT2D eigenvalue weighted by molar-refractivity contribution is 0.104. The smallest absolute Gasteiger partial charge is 0.349 e. The van der Waals surface area contributed by atoms with Gasteiger partial charge in [0.25, 0.3) is 0 Å². The molecule has 0 N–H and O–H groups in total. The molecule has 1 aromatic heterocycles. The number of carbonyl (C=O) groups excluding carboxylic acids is 1. The molecule has 0 bridgehead atoms. The minimum atomic E-state index is -0.623. The first-order valence-corrected chi connectivity index (χ1v) is 13.1. The summed E-state index contributed by atoms with van der Waals surface area (Å²) in [4.78, 5) is 30.6. The van der Waals surface area contributed by atoms with Crippen LogP contribution in [0.5, 0.6) is 0 Å². The highest BCUT2D eigenvalue weighted by molar-refractivity contribution is 6.14. The molecule has 0 radical (unpaired) electrons. The monoisotopic (exact) mass is 514 g/mol. The summed E-state index contributed by atoms with van der Waals surface area (Å²) in [5.74, 6) is -0.379. The fourth-order valence-corrected chi connectivity index (χ4v) is 4.81. The summed E-state index contributed by atoms with van der Waals surface area (Å²) in [6.07, 6.45) is 3.19. The molecular formula is C34H30N2O3. The van der Waals surface area contributed by atoms with Crippen molar-refractivity contribution in [1.29, 1.82) is 0 Å². The Balaban J connectivity index is 1.47. The molecular weight excluding hydrogens is 484 g/mol. The molecule has 0 amide bonds. The predicted octanol–water partition coefficient (Wildman–Crippen LogP) is 8.01. The number of benzene rings is 4. The van der Waals surface area contributed by atoms with Crippen LogP contribution in [0.2, 0.25) is 0 Å². The van der Waals surface area contributed by atoms with Gasteiger partial charge in [-0.05, 0) is 74.0 Å². The summed E-state index contributed by atoms with van der Waals surface area (Å²) in [6.45, 7) is 5.34. The van der Waals surface area contributed by atoms with Gasteiger partial charge in [-0.2, -0.15) is 0 Å². The molecule has 0 atom stereocenters. The Hall–Kier alpha value is -4.90. The zero-order valence-corrected chi connectivity index (χ0v) is 22.1. The van der Waals surface area contributed by atoms with Crippen molar-refractivity contribution in [1.82, 2.24) is 0 Å². The fraction of sp³-hybridized carbons (Fsp3) is 0.118. The van der Waals surface area contributed by atoms with E-state index in [0.29, 0.717) is 24.4 Å². The average molecular weight is 515 g/mol. The molecule has 0 fully saturated rings. The van der Waals surface area contributed by atoms with Gasteiger partial charge in [-0.1, -0.05) is 66.7 Å². The zero-order valence-electron chi connectivity index (χ0n) is 22.1. The first-order chi connectivity index (χ1) is 19.1. The van der Waals surface area contributed by atoms with Crippen LogP contribution in [-0.2, 0) is 0 Å². The third kappa shape index (κ3) is 5.39. The maximum atomic E-state index is 13.4. The van der Waals surface area contributed by atoms with E-state index < -0.39 is 5.63 Å². The summed E-state index contributed by atoms with van der Waals surface area (Å²) in [5.41, 5.74) is 4.48. The molecule has 0 spiro atoms. The third-order valence-electron chi connectivity index (χ3n) is 6.72. The minimum absolute atomic E-state index is 0.0598. The maximum Gasteiger partial charge on any atom is 0.349 e. The van der Waals surface area contributed by atoms with Crippen LogP contribution in [0.15, 0.2) is 124 Å². The molecule has 0 aliphatic carbocycles. The molecule has 5 rings (SSSR count). The average Bonchev–Trinajstić information content (AvgIpc) is 2.98. The Morgan fingerprint density at radius 2 is 1.26 bits per heavy atom. The Kier molecular flexibility index (Phi) is 7.69. The van der Waals surface area contributed by atoms with Crippen LogP contribution < -0.4 is 15.4 Å². The van der Waals surface area contributed by atoms with E-state index in [4.69, 9.17) is 4.42 Å². The molecule has 0 unspecified atom stereocenters. The van der Waals surface area contributed by atoms with Crippen LogP contribution in [0.3, 0.4) is 0 Å². The minimum Gasteiger partial charge on any atom is -0.422 e. The molecule has 39 heavy (non-hydrogen) atoms. The number of ketones is 1. The molecule has 5 aromatic rings. The molecule has 0 aliphatic heterocycles. The number of carbonyl (C=O) groups is 1. The number of rotatable bonds is 9. The standard InChI is InChI=1S/C34H30N2O3/c1-3-35(4-2)33-29-17-11-12-18-31(29)39-34(38)32(33)30(37)24-21-25-19-22-28(23-20-25)36(26-13-7-5-8-14-26)27-15-9-6-10-16-27/h5-24H,3-4H2,1-2H3. The second-order valence-corrected chi connectivity index (χ2v) is 9.08. The Labute approximate surface area is 228 Å². The second kappa shape index (κ2) is 11.7. The van der Waals surface area contributed by atoms with Gasteiger partial charge in [0.1, 0.15) is 11.1 Å². The zero-order chi connectivity index (χ0) is 27.2. The van der Waals surface area contributed by atoms with E-state index in [-0.39, 0.29) is 11.3 Å². The molecule has 4 aromatic carbocycles. The predicted molar refractivity (Wildman–Crippen MR) is 161 cm³/mol. The van der Waals surface area contributed by atoms with Gasteiger partial charge in [-0.3, -0.25) is 4.79 Å². The Morgan fingerprint density at radius 1 is 0.718 bits per heavy atom. The highest BCUT2D eigenvalue weighted by atomic mass is 16.4. The number of anilines is 4. The number of hydrogen-bond acceptors (Lipinski definition) is 5. The van der Waals surface area contributed by atoms with Gasteiger partial charge in [0, 0.05) is 35.5 Å². The van der Waals surface area contributed by atoms with E-state index in [9.17, 15) is 9.59 Å². The second-order valence-electron chi connectivity index (χ2n) is 9.08. The normalized spacial score (nSPS) is 11.1. The van der Waals surface area contributed by atoms with Crippen molar-refractivity contribution in [2.24, 2.45) is 0 Å². The molecule has 0 saturated carbocycles. The lowest BCUT2D eigenvalue weighted by Crippen LogP contribution is -2.27. The van der Waals surface area contributed by atoms with Crippen LogP contribution in [-0.4, -0.2) is 18.9 Å². The van der Waals surface area contributed by atoms with Crippen LogP contribution in [0, 0.1) is 0 Å². The van der Waals surface area contributed by atoms with Gasteiger partial charge in [-0.15, -0.1) is 0 Å². The van der Waals surface area contributed by atoms with Gasteiger partial charge >= 0.3 is 5.63 Å². The largest absolute Gasteiger partial charge is 0.422 e. The van der Waals surface area contributed by atoms with Crippen molar-refractivity contribution < 1.29 is 9.21 Å². The summed E-state index contributed by atoms with van der Waals surface area (Å²) >= 11 is 0. The van der Waals surface area contributed by atoms with Gasteiger partial charge in [0.15, 0.2) is 5.78 Å². The lowest BCUT2D eigenvalue weighted by Gasteiger charge is -2.25. The van der Waals surface area contributed by atoms with E-state index in [1.165, 1.54) is 6.08 Å². The molecule has 0 saturated heterocycles. The number of allylic oxidation sites excluding steroid dienone is 1. The fourth-order valence-electron chi connectivity index (χ4n) is 4.81. The van der Waals surface area contributed by atoms with Crippen molar-refractivity contribution >= 4 is 45.6 Å². The van der Waals surface area contributed by atoms with Crippen LogP contribution in [0.25, 0.3) is 17.0 Å². The van der Waals surface area contributed by atoms with Crippen molar-refractivity contribution in [2.75, 3.05) is 22.9 Å². The van der Waals surface area contributed by atoms with Crippen LogP contribution in [0.4, 0.5) is 22.7 Å². The van der Waals surface area contributed by atoms with Crippen LogP contribution >= 0.6 is 0 Å². The molecule has 5 heteroatoms. The van der Waals surface area contributed by atoms with Crippen LogP contribution in [0.1, 0.15) is 29.8 Å². The Morgan fingerprint density at radius 3 is 1.85 bits per heavy atom. The number of para-hydroxylation sites is 3. The van der Waals surface area contributed by atoms with Crippen molar-refractivity contribution in [3.63, 3.8) is 0 Å². The van der Waals surface area contributed by atoms with E-state index in [1.54, 1.807) is 12.1 Å². The highest BCUT2D eigenvalue weighted by Gasteiger charge is 2.22. The number of nitrogens with zero attached hydrogens (tertiary/aromatic N) is 2. The van der Waals surface area contributed by atoms with Crippen molar-refractivity contribution in [3.05, 3.63) is 137 Å². The Bertz CT molecular complexity index is 1610. The summed E-state index contributed by atoms with van der Waals surface area (Å²) in [6, 6.07) is 35.7. The summed E-state index contributed by atoms with van der Waals surface area (Å²) < 4.78 is 5.53. The van der Waals surface area contributed by atoms with E-state index >= 15 is 0 Å². The van der Waals surface area contributed by atoms with Gasteiger partial charge < -0.3 is 14.2 Å². The SMILES string of the molecule is CCN(CC)c1c(C(=O)C=Cc2ccc(N(c3ccccc3)c3ccccc3)cc2)c(=O)oc2ccccc12. The third-order valence-corrected chi connectivity index (χ3v) is 6.72. The van der Waals surface area contributed by atoms with E-state index in [0.717, 1.165) is 28.0 Å². The van der Waals surface area contributed by atoms with E-state index in [1.807, 2.05) is 97.6 Å². The summed E-state index contributed by atoms with van der Waals surface area (Å²) in [5, 5.41) is 0.754. The molecule has 0 aliphatic rings. The number of hydrogen-bond donors (Lipinski definition) is 0. The van der Waals surface area contributed by atoms with Gasteiger partial charge in [0.05, 0.1) is 5.69 Å². The first-order valence-electron chi connectivity index (χ1n) is 13.1.